The molecule has 5 aromatic carbocycles. The molecule has 0 unspecified atom stereocenters. The molecule has 10 aromatic rings. The van der Waals surface area contributed by atoms with Crippen LogP contribution in [-0.2, 0) is 34.3 Å². The van der Waals surface area contributed by atoms with Crippen molar-refractivity contribution >= 4 is 106 Å². The maximum Gasteiger partial charge on any atom is 0.419 e. The first-order chi connectivity index (χ1) is 43.6. The monoisotopic (exact) mass is 1310 g/mol. The minimum atomic E-state index is -3.83. The highest BCUT2D eigenvalue weighted by atomic mass is 35.5. The smallest absolute Gasteiger partial charge is 0.419 e. The Kier molecular flexibility index (Phi) is 19.5. The topological polar surface area (TPSA) is 235 Å². The molecule has 5 aromatic heterocycles. The van der Waals surface area contributed by atoms with Gasteiger partial charge in [-0.05, 0) is 144 Å². The summed E-state index contributed by atoms with van der Waals surface area (Å²) in [6, 6.07) is 31.8. The van der Waals surface area contributed by atoms with Gasteiger partial charge in [0.2, 0.25) is 20.0 Å². The van der Waals surface area contributed by atoms with E-state index in [0.717, 1.165) is 32.1 Å². The lowest BCUT2D eigenvalue weighted by Crippen LogP contribution is -2.27. The predicted molar refractivity (Wildman–Crippen MR) is 357 cm³/mol. The second-order valence-corrected chi connectivity index (χ2v) is 26.4. The number of aromatic nitrogens is 3. The number of carbonyl (C=O) groups excluding carboxylic acids is 3. The Bertz CT molecular complexity index is 4810. The van der Waals surface area contributed by atoms with Gasteiger partial charge in [0.25, 0.3) is 11.8 Å². The zero-order chi connectivity index (χ0) is 66.7. The maximum absolute atomic E-state index is 14.0. The zero-order valence-electron chi connectivity index (χ0n) is 52.4. The summed E-state index contributed by atoms with van der Waals surface area (Å²) in [5.41, 5.74) is 6.40. The highest BCUT2D eigenvalue weighted by Crippen LogP contribution is 2.45. The van der Waals surface area contributed by atoms with E-state index in [4.69, 9.17) is 39.6 Å². The van der Waals surface area contributed by atoms with Crippen LogP contribution in [0.2, 0.25) is 5.15 Å². The number of benzene rings is 5. The summed E-state index contributed by atoms with van der Waals surface area (Å²) in [6.07, 6.45) is 8.02. The van der Waals surface area contributed by atoms with Crippen molar-refractivity contribution in [3.05, 3.63) is 178 Å². The number of rotatable bonds is 17. The Labute approximate surface area is 536 Å². The first kappa shape index (κ1) is 66.6. The lowest BCUT2D eigenvalue weighted by Gasteiger charge is -2.22. The molecule has 0 atom stereocenters. The van der Waals surface area contributed by atoms with Crippen LogP contribution in [0.15, 0.2) is 143 Å². The van der Waals surface area contributed by atoms with Gasteiger partial charge in [-0.25, -0.2) is 44.9 Å². The molecule has 19 nitrogen and oxygen atoms in total. The van der Waals surface area contributed by atoms with Gasteiger partial charge in [0.05, 0.1) is 89.0 Å². The number of hydrogen-bond acceptors (Lipinski definition) is 14. The Morgan fingerprint density at radius 1 is 0.641 bits per heavy atom. The number of sulfonamides is 2. The average Bonchev–Trinajstić information content (AvgIpc) is 1.56. The average molecular weight is 1310 g/mol. The SMILES string of the molecule is CCO/C=C/c1ccc(-c2cc3c(C(=O)NC)c(-c4ccc(F)cc4)oc3cc2N(C)S(C)(=O)=O)nc1-c1c(C)c2ccccc2n1C(=O)OC(C)(C)C.CCO/C=C/c1ccc(-c2cc3c(C(=O)NC)c(-c4ccc(F)cc4)oc3cc2N(C)S(C)(=O)=O)nc1Cl. The fourth-order valence-electron chi connectivity index (χ4n) is 10.1. The number of pyridine rings is 2. The van der Waals surface area contributed by atoms with E-state index in [1.807, 2.05) is 45.0 Å². The third-order valence-electron chi connectivity index (χ3n) is 14.7. The van der Waals surface area contributed by atoms with Crippen LogP contribution in [0.25, 0.3) is 102 Å². The van der Waals surface area contributed by atoms with E-state index in [2.05, 4.69) is 15.6 Å². The van der Waals surface area contributed by atoms with E-state index in [9.17, 15) is 40.0 Å². The van der Waals surface area contributed by atoms with Crippen molar-refractivity contribution in [1.29, 1.82) is 0 Å². The highest BCUT2D eigenvalue weighted by molar-refractivity contribution is 7.92. The van der Waals surface area contributed by atoms with Crippen LogP contribution in [0.1, 0.15) is 72.0 Å². The lowest BCUT2D eigenvalue weighted by molar-refractivity contribution is 0.0546. The van der Waals surface area contributed by atoms with Gasteiger partial charge in [-0.2, -0.15) is 0 Å². The molecule has 10 rings (SSSR count). The first-order valence-electron chi connectivity index (χ1n) is 28.7. The van der Waals surface area contributed by atoms with Gasteiger partial charge in [-0.15, -0.1) is 0 Å². The number of ether oxygens (including phenoxy) is 3. The summed E-state index contributed by atoms with van der Waals surface area (Å²) in [7, 11) is -1.73. The van der Waals surface area contributed by atoms with Gasteiger partial charge in [-0.1, -0.05) is 35.9 Å². The fraction of sp³-hybridized carbons (Fsp3) is 0.221. The minimum Gasteiger partial charge on any atom is -0.501 e. The first-order valence-corrected chi connectivity index (χ1v) is 32.8. The molecule has 0 fully saturated rings. The number of nitrogens with one attached hydrogen (secondary N) is 2. The van der Waals surface area contributed by atoms with Crippen LogP contribution in [-0.4, -0.2) is 109 Å². The second kappa shape index (κ2) is 26.9. The molecular formula is C68H66ClF2N7O12S2. The quantitative estimate of drug-likeness (QED) is 0.0637. The number of aryl methyl sites for hydroxylation is 1. The van der Waals surface area contributed by atoms with E-state index < -0.39 is 55.2 Å². The Morgan fingerprint density at radius 2 is 1.09 bits per heavy atom. The van der Waals surface area contributed by atoms with Crippen molar-refractivity contribution in [2.75, 3.05) is 62.5 Å². The molecule has 0 aliphatic heterocycles. The number of nitrogens with zero attached hydrogens (tertiary/aromatic N) is 5. The van der Waals surface area contributed by atoms with Gasteiger partial charge in [0.1, 0.15) is 45.1 Å². The Morgan fingerprint density at radius 3 is 1.52 bits per heavy atom. The van der Waals surface area contributed by atoms with Crippen molar-refractivity contribution < 1.29 is 63.0 Å². The van der Waals surface area contributed by atoms with Crippen molar-refractivity contribution in [3.8, 4) is 56.6 Å². The van der Waals surface area contributed by atoms with Crippen LogP contribution < -0.4 is 19.2 Å². The number of halogens is 3. The molecule has 0 spiro atoms. The molecule has 0 bridgehead atoms. The molecular weight excluding hydrogens is 1240 g/mol. The van der Waals surface area contributed by atoms with E-state index in [1.165, 1.54) is 93.6 Å². The third kappa shape index (κ3) is 13.9. The second-order valence-electron chi connectivity index (χ2n) is 22.0. The third-order valence-corrected chi connectivity index (χ3v) is 17.4. The lowest BCUT2D eigenvalue weighted by atomic mass is 9.99. The van der Waals surface area contributed by atoms with Crippen molar-refractivity contribution in [2.45, 2.75) is 47.1 Å². The zero-order valence-corrected chi connectivity index (χ0v) is 54.7. The van der Waals surface area contributed by atoms with Crippen LogP contribution in [0, 0.1) is 18.6 Å². The summed E-state index contributed by atoms with van der Waals surface area (Å²) in [5.74, 6) is -1.40. The van der Waals surface area contributed by atoms with Gasteiger partial charge >= 0.3 is 6.09 Å². The molecule has 2 N–H and O–H groups in total. The van der Waals surface area contributed by atoms with Gasteiger partial charge < -0.3 is 33.7 Å². The molecule has 478 valence electrons. The van der Waals surface area contributed by atoms with E-state index >= 15 is 0 Å². The number of amides is 2. The molecule has 0 saturated carbocycles. The van der Waals surface area contributed by atoms with E-state index in [0.29, 0.717) is 85.7 Å². The predicted octanol–water partition coefficient (Wildman–Crippen LogP) is 14.5. The van der Waals surface area contributed by atoms with Crippen LogP contribution in [0.4, 0.5) is 25.0 Å². The van der Waals surface area contributed by atoms with E-state index in [1.54, 1.807) is 81.6 Å². The number of anilines is 2. The Hall–Kier alpha value is -9.84. The normalized spacial score (nSPS) is 11.9. The fourth-order valence-corrected chi connectivity index (χ4v) is 11.4. The van der Waals surface area contributed by atoms with Gasteiger partial charge in [-0.3, -0.25) is 18.2 Å². The van der Waals surface area contributed by atoms with Gasteiger partial charge in [0.15, 0.2) is 0 Å². The maximum atomic E-state index is 14.0. The molecule has 0 radical (unpaired) electrons. The van der Waals surface area contributed by atoms with Crippen molar-refractivity contribution in [1.82, 2.24) is 25.2 Å². The molecule has 2 amide bonds. The summed E-state index contributed by atoms with van der Waals surface area (Å²) in [5, 5.41) is 7.04. The number of fused-ring (bicyclic) bond motifs is 3. The summed E-state index contributed by atoms with van der Waals surface area (Å²) >= 11 is 6.44. The summed E-state index contributed by atoms with van der Waals surface area (Å²) < 4.78 is 111. The molecule has 92 heavy (non-hydrogen) atoms. The van der Waals surface area contributed by atoms with Crippen molar-refractivity contribution in [3.63, 3.8) is 0 Å². The van der Waals surface area contributed by atoms with Crippen LogP contribution in [0.5, 0.6) is 0 Å². The summed E-state index contributed by atoms with van der Waals surface area (Å²) in [6.45, 7) is 11.9. The van der Waals surface area contributed by atoms with Crippen LogP contribution in [0.3, 0.4) is 0 Å². The number of furan rings is 2. The standard InChI is InChI=1S/C41H41FN4O7S.C27H25ClFN3O5S/c1-9-51-21-20-25-16-19-31(44-36(25)37-24(2)28-12-10-11-13-32(28)46(37)40(48)53-41(3,4)5)29-22-30-34(23-33(29)45(7)54(8,49)50)52-38(35(30)39(47)43-6)26-14-17-27(42)18-15-26;1-5-36-13-12-17-8-11-21(31-26(17)28)19-14-20-23(15-22(19)32(3)38(4,34)35)37-25(24(20)27(33)30-2)16-6-9-18(29)10-7-16/h10-23H,9H2,1-8H3,(H,43,47);6-15H,5H2,1-4H3,(H,30,33)/b21-20+;13-12+. The Balaban J connectivity index is 0.000000231. The van der Waals surface area contributed by atoms with Gasteiger partial charge in [0, 0.05) is 89.9 Å². The molecule has 24 heteroatoms. The molecule has 0 aliphatic rings. The van der Waals surface area contributed by atoms with Crippen molar-refractivity contribution in [2.24, 2.45) is 0 Å². The largest absolute Gasteiger partial charge is 0.501 e. The number of hydrogen-bond donors (Lipinski definition) is 2. The molecule has 0 saturated heterocycles. The molecule has 0 aliphatic carbocycles. The molecule has 5 heterocycles. The summed E-state index contributed by atoms with van der Waals surface area (Å²) in [4.78, 5) is 50.1. The number of carbonyl (C=O) groups is 3. The number of para-hydroxylation sites is 1. The van der Waals surface area contributed by atoms with E-state index in [-0.39, 0.29) is 50.3 Å². The highest BCUT2D eigenvalue weighted by Gasteiger charge is 2.31. The van der Waals surface area contributed by atoms with Crippen LogP contribution >= 0.6 is 11.6 Å². The minimum absolute atomic E-state index is 0.173.